The highest BCUT2D eigenvalue weighted by Gasteiger charge is 2.14. The SMILES string of the molecule is C=CC(=O)OC(C)NC(CCCC)Cc1ccccc1. The maximum Gasteiger partial charge on any atom is 0.331 e. The quantitative estimate of drug-likeness (QED) is 0.426. The Balaban J connectivity index is 2.54. The molecule has 1 rings (SSSR count). The number of ether oxygens (including phenoxy) is 1. The number of carbonyl (C=O) groups excluding carboxylic acids is 1. The molecular formula is C17H25NO2. The van der Waals surface area contributed by atoms with Gasteiger partial charge in [-0.15, -0.1) is 0 Å². The Morgan fingerprint density at radius 3 is 2.70 bits per heavy atom. The summed E-state index contributed by atoms with van der Waals surface area (Å²) in [7, 11) is 0. The van der Waals surface area contributed by atoms with Crippen molar-refractivity contribution in [2.45, 2.75) is 51.8 Å². The summed E-state index contributed by atoms with van der Waals surface area (Å²) in [4.78, 5) is 11.2. The first kappa shape index (κ1) is 16.4. The number of hydrogen-bond acceptors (Lipinski definition) is 3. The molecule has 3 heteroatoms. The van der Waals surface area contributed by atoms with Crippen LogP contribution in [0.1, 0.15) is 38.7 Å². The molecule has 1 N–H and O–H groups in total. The van der Waals surface area contributed by atoms with Gasteiger partial charge < -0.3 is 4.74 Å². The molecule has 0 spiro atoms. The lowest BCUT2D eigenvalue weighted by Crippen LogP contribution is -2.40. The van der Waals surface area contributed by atoms with Crippen molar-refractivity contribution in [2.75, 3.05) is 0 Å². The maximum atomic E-state index is 11.2. The molecule has 0 fully saturated rings. The van der Waals surface area contributed by atoms with E-state index in [1.807, 2.05) is 25.1 Å². The van der Waals surface area contributed by atoms with Crippen LogP contribution in [0.25, 0.3) is 0 Å². The van der Waals surface area contributed by atoms with Gasteiger partial charge in [0, 0.05) is 12.1 Å². The fourth-order valence-corrected chi connectivity index (χ4v) is 2.18. The third-order valence-electron chi connectivity index (χ3n) is 3.16. The van der Waals surface area contributed by atoms with Crippen molar-refractivity contribution in [3.63, 3.8) is 0 Å². The van der Waals surface area contributed by atoms with Crippen molar-refractivity contribution in [2.24, 2.45) is 0 Å². The van der Waals surface area contributed by atoms with Crippen LogP contribution in [0.15, 0.2) is 43.0 Å². The Kier molecular flexibility index (Phi) is 7.66. The normalized spacial score (nSPS) is 13.5. The molecule has 0 aromatic heterocycles. The van der Waals surface area contributed by atoms with Gasteiger partial charge in [0.05, 0.1) is 0 Å². The van der Waals surface area contributed by atoms with Crippen LogP contribution in [0.5, 0.6) is 0 Å². The molecule has 0 saturated heterocycles. The van der Waals surface area contributed by atoms with E-state index in [2.05, 4.69) is 31.0 Å². The van der Waals surface area contributed by atoms with E-state index in [4.69, 9.17) is 4.74 Å². The first-order valence-corrected chi connectivity index (χ1v) is 7.28. The van der Waals surface area contributed by atoms with E-state index in [0.717, 1.165) is 25.7 Å². The van der Waals surface area contributed by atoms with Crippen LogP contribution in [-0.2, 0) is 16.0 Å². The van der Waals surface area contributed by atoms with Gasteiger partial charge in [-0.3, -0.25) is 5.32 Å². The van der Waals surface area contributed by atoms with Gasteiger partial charge >= 0.3 is 5.97 Å². The number of hydrogen-bond donors (Lipinski definition) is 1. The molecule has 0 heterocycles. The van der Waals surface area contributed by atoms with Crippen LogP contribution in [0.3, 0.4) is 0 Å². The molecule has 0 radical (unpaired) electrons. The maximum absolute atomic E-state index is 11.2. The molecule has 20 heavy (non-hydrogen) atoms. The molecule has 2 unspecified atom stereocenters. The number of benzene rings is 1. The molecule has 0 bridgehead atoms. The fraction of sp³-hybridized carbons (Fsp3) is 0.471. The number of rotatable bonds is 9. The first-order valence-electron chi connectivity index (χ1n) is 7.28. The van der Waals surface area contributed by atoms with Crippen LogP contribution in [-0.4, -0.2) is 18.2 Å². The Bertz CT molecular complexity index is 403. The number of unbranched alkanes of at least 4 members (excludes halogenated alkanes) is 1. The summed E-state index contributed by atoms with van der Waals surface area (Å²) in [5.74, 6) is -0.390. The molecule has 1 aromatic carbocycles. The molecule has 0 amide bonds. The van der Waals surface area contributed by atoms with Crippen molar-refractivity contribution >= 4 is 5.97 Å². The Morgan fingerprint density at radius 1 is 1.40 bits per heavy atom. The molecule has 110 valence electrons. The minimum absolute atomic E-state index is 0.300. The number of carbonyl (C=O) groups is 1. The molecule has 2 atom stereocenters. The monoisotopic (exact) mass is 275 g/mol. The molecule has 3 nitrogen and oxygen atoms in total. The summed E-state index contributed by atoms with van der Waals surface area (Å²) in [5, 5.41) is 3.37. The van der Waals surface area contributed by atoms with Gasteiger partial charge in [0.2, 0.25) is 0 Å². The van der Waals surface area contributed by atoms with Crippen molar-refractivity contribution < 1.29 is 9.53 Å². The van der Waals surface area contributed by atoms with E-state index >= 15 is 0 Å². The molecule has 0 aliphatic heterocycles. The predicted octanol–water partition coefficient (Wildman–Crippen LogP) is 3.45. The van der Waals surface area contributed by atoms with Gasteiger partial charge in [-0.25, -0.2) is 4.79 Å². The zero-order chi connectivity index (χ0) is 14.8. The Labute approximate surface area is 122 Å². The van der Waals surface area contributed by atoms with Gasteiger partial charge in [-0.2, -0.15) is 0 Å². The average Bonchev–Trinajstić information content (AvgIpc) is 2.45. The molecule has 0 aliphatic rings. The summed E-state index contributed by atoms with van der Waals surface area (Å²) in [6.07, 6.45) is 5.22. The predicted molar refractivity (Wildman–Crippen MR) is 82.3 cm³/mol. The second-order valence-corrected chi connectivity index (χ2v) is 4.98. The smallest absolute Gasteiger partial charge is 0.331 e. The van der Waals surface area contributed by atoms with E-state index in [1.165, 1.54) is 11.6 Å². The number of nitrogens with one attached hydrogen (secondary N) is 1. The zero-order valence-electron chi connectivity index (χ0n) is 12.5. The third-order valence-corrected chi connectivity index (χ3v) is 3.16. The minimum Gasteiger partial charge on any atom is -0.444 e. The fourth-order valence-electron chi connectivity index (χ4n) is 2.18. The molecule has 0 aliphatic carbocycles. The summed E-state index contributed by atoms with van der Waals surface area (Å²) in [6.45, 7) is 7.44. The summed E-state index contributed by atoms with van der Waals surface area (Å²) in [5.41, 5.74) is 1.29. The third kappa shape index (κ3) is 6.53. The molecular weight excluding hydrogens is 250 g/mol. The van der Waals surface area contributed by atoms with Gasteiger partial charge in [-0.1, -0.05) is 56.7 Å². The van der Waals surface area contributed by atoms with Crippen LogP contribution in [0, 0.1) is 0 Å². The van der Waals surface area contributed by atoms with Crippen LogP contribution in [0.4, 0.5) is 0 Å². The van der Waals surface area contributed by atoms with Crippen molar-refractivity contribution in [3.05, 3.63) is 48.6 Å². The molecule has 0 saturated carbocycles. The summed E-state index contributed by atoms with van der Waals surface area (Å²) >= 11 is 0. The van der Waals surface area contributed by atoms with Crippen molar-refractivity contribution in [3.8, 4) is 0 Å². The standard InChI is InChI=1S/C17H25NO2/c1-4-6-12-16(13-15-10-8-7-9-11-15)18-14(3)20-17(19)5-2/h5,7-11,14,16,18H,2,4,6,12-13H2,1,3H3. The minimum atomic E-state index is -0.390. The lowest BCUT2D eigenvalue weighted by Gasteiger charge is -2.23. The largest absolute Gasteiger partial charge is 0.444 e. The lowest BCUT2D eigenvalue weighted by atomic mass is 10.0. The lowest BCUT2D eigenvalue weighted by molar-refractivity contribution is -0.143. The van der Waals surface area contributed by atoms with Crippen LogP contribution >= 0.6 is 0 Å². The zero-order valence-corrected chi connectivity index (χ0v) is 12.5. The van der Waals surface area contributed by atoms with E-state index in [-0.39, 0.29) is 12.2 Å². The highest BCUT2D eigenvalue weighted by molar-refractivity contribution is 5.81. The van der Waals surface area contributed by atoms with Gasteiger partial charge in [0.15, 0.2) is 6.23 Å². The Morgan fingerprint density at radius 2 is 2.10 bits per heavy atom. The van der Waals surface area contributed by atoms with Gasteiger partial charge in [-0.05, 0) is 25.3 Å². The Hall–Kier alpha value is -1.61. The highest BCUT2D eigenvalue weighted by atomic mass is 16.6. The topological polar surface area (TPSA) is 38.3 Å². The first-order chi connectivity index (χ1) is 9.65. The van der Waals surface area contributed by atoms with Crippen LogP contribution < -0.4 is 5.32 Å². The van der Waals surface area contributed by atoms with Gasteiger partial charge in [0.1, 0.15) is 0 Å². The molecule has 1 aromatic rings. The van der Waals surface area contributed by atoms with Gasteiger partial charge in [0.25, 0.3) is 0 Å². The number of esters is 1. The van der Waals surface area contributed by atoms with E-state index in [9.17, 15) is 4.79 Å². The van der Waals surface area contributed by atoms with E-state index in [1.54, 1.807) is 0 Å². The average molecular weight is 275 g/mol. The highest BCUT2D eigenvalue weighted by Crippen LogP contribution is 2.10. The van der Waals surface area contributed by atoms with Crippen molar-refractivity contribution in [1.29, 1.82) is 0 Å². The van der Waals surface area contributed by atoms with Crippen LogP contribution in [0.2, 0.25) is 0 Å². The van der Waals surface area contributed by atoms with Crippen molar-refractivity contribution in [1.82, 2.24) is 5.32 Å². The second-order valence-electron chi connectivity index (χ2n) is 4.98. The van der Waals surface area contributed by atoms with E-state index in [0.29, 0.717) is 6.04 Å². The second kappa shape index (κ2) is 9.32. The summed E-state index contributed by atoms with van der Waals surface area (Å²) in [6, 6.07) is 10.7. The van der Waals surface area contributed by atoms with E-state index < -0.39 is 0 Å². The summed E-state index contributed by atoms with van der Waals surface area (Å²) < 4.78 is 5.18.